The second kappa shape index (κ2) is 8.15. The Balaban J connectivity index is 2.87. The van der Waals surface area contributed by atoms with E-state index in [2.05, 4.69) is 0 Å². The van der Waals surface area contributed by atoms with Crippen LogP contribution in [0, 0.1) is 0 Å². The number of benzene rings is 1. The van der Waals surface area contributed by atoms with Crippen molar-refractivity contribution in [3.8, 4) is 0 Å². The van der Waals surface area contributed by atoms with Crippen molar-refractivity contribution < 1.29 is 14.6 Å². The number of carbonyl (C=O) groups is 1. The van der Waals surface area contributed by atoms with Crippen LogP contribution in [0.5, 0.6) is 0 Å². The highest BCUT2D eigenvalue weighted by molar-refractivity contribution is 6.30. The Kier molecular flexibility index (Phi) is 6.84. The van der Waals surface area contributed by atoms with Gasteiger partial charge in [-0.2, -0.15) is 0 Å². The van der Waals surface area contributed by atoms with Gasteiger partial charge in [-0.05, 0) is 24.1 Å². The second-order valence-corrected chi connectivity index (χ2v) is 4.77. The molecular formula is C14H20ClNO3. The van der Waals surface area contributed by atoms with Crippen LogP contribution in [0.1, 0.15) is 24.9 Å². The first kappa shape index (κ1) is 16.0. The third-order valence-corrected chi connectivity index (χ3v) is 3.26. The molecule has 0 aliphatic rings. The first-order valence-corrected chi connectivity index (χ1v) is 6.66. The first-order valence-electron chi connectivity index (χ1n) is 6.28. The van der Waals surface area contributed by atoms with E-state index in [0.29, 0.717) is 18.2 Å². The van der Waals surface area contributed by atoms with Gasteiger partial charge in [-0.1, -0.05) is 30.7 Å². The molecule has 1 unspecified atom stereocenters. The summed E-state index contributed by atoms with van der Waals surface area (Å²) < 4.78 is 5.05. The van der Waals surface area contributed by atoms with Gasteiger partial charge in [-0.25, -0.2) is 0 Å². The summed E-state index contributed by atoms with van der Waals surface area (Å²) in [6, 6.07) is 7.60. The monoisotopic (exact) mass is 285 g/mol. The van der Waals surface area contributed by atoms with Gasteiger partial charge in [0.05, 0.1) is 13.2 Å². The lowest BCUT2D eigenvalue weighted by Gasteiger charge is -2.29. The van der Waals surface area contributed by atoms with Crippen LogP contribution in [0.4, 0.5) is 0 Å². The lowest BCUT2D eigenvalue weighted by atomic mass is 10.0. The minimum absolute atomic E-state index is 0.00446. The number of methoxy groups -OCH3 is 1. The highest BCUT2D eigenvalue weighted by atomic mass is 35.5. The smallest absolute Gasteiger partial charge is 0.317 e. The van der Waals surface area contributed by atoms with Crippen LogP contribution in [0.15, 0.2) is 24.3 Å². The summed E-state index contributed by atoms with van der Waals surface area (Å²) in [6.45, 7) is 3.15. The highest BCUT2D eigenvalue weighted by Crippen LogP contribution is 2.25. The van der Waals surface area contributed by atoms with Crippen LogP contribution in [0.2, 0.25) is 5.02 Å². The molecule has 0 aliphatic carbocycles. The van der Waals surface area contributed by atoms with Gasteiger partial charge in [0.15, 0.2) is 0 Å². The molecule has 0 fully saturated rings. The maximum atomic E-state index is 11.0. The summed E-state index contributed by atoms with van der Waals surface area (Å²) in [5, 5.41) is 9.70. The molecule has 0 saturated carbocycles. The molecule has 0 radical (unpaired) electrons. The van der Waals surface area contributed by atoms with Crippen molar-refractivity contribution in [2.24, 2.45) is 0 Å². The minimum Gasteiger partial charge on any atom is -0.480 e. The predicted octanol–water partition coefficient (Wildman–Crippen LogP) is 2.82. The molecule has 5 heteroatoms. The van der Waals surface area contributed by atoms with E-state index in [1.807, 2.05) is 36.1 Å². The Labute approximate surface area is 118 Å². The van der Waals surface area contributed by atoms with E-state index in [1.165, 1.54) is 0 Å². The number of nitrogens with zero attached hydrogens (tertiary/aromatic N) is 1. The SMILES string of the molecule is CCC(c1ccc(Cl)cc1)N(CCOC)CC(=O)O. The van der Waals surface area contributed by atoms with Gasteiger partial charge < -0.3 is 9.84 Å². The summed E-state index contributed by atoms with van der Waals surface area (Å²) in [4.78, 5) is 12.9. The summed E-state index contributed by atoms with van der Waals surface area (Å²) in [5.74, 6) is -0.830. The molecule has 1 aromatic rings. The summed E-state index contributed by atoms with van der Waals surface area (Å²) in [5.41, 5.74) is 1.07. The van der Waals surface area contributed by atoms with E-state index in [4.69, 9.17) is 21.4 Å². The van der Waals surface area contributed by atoms with Crippen LogP contribution in [0.25, 0.3) is 0 Å². The number of rotatable bonds is 8. The minimum atomic E-state index is -0.830. The van der Waals surface area contributed by atoms with Crippen molar-refractivity contribution in [3.05, 3.63) is 34.9 Å². The molecule has 106 valence electrons. The number of hydrogen-bond acceptors (Lipinski definition) is 3. The molecule has 1 atom stereocenters. The fourth-order valence-electron chi connectivity index (χ4n) is 2.12. The van der Waals surface area contributed by atoms with Gasteiger partial charge >= 0.3 is 5.97 Å². The normalized spacial score (nSPS) is 12.6. The third kappa shape index (κ3) is 5.19. The zero-order valence-corrected chi connectivity index (χ0v) is 12.1. The van der Waals surface area contributed by atoms with Crippen LogP contribution < -0.4 is 0 Å². The van der Waals surface area contributed by atoms with Gasteiger partial charge in [-0.15, -0.1) is 0 Å². The van der Waals surface area contributed by atoms with E-state index in [1.54, 1.807) is 7.11 Å². The van der Waals surface area contributed by atoms with Gasteiger partial charge in [0.1, 0.15) is 0 Å². The molecule has 0 bridgehead atoms. The van der Waals surface area contributed by atoms with E-state index in [-0.39, 0.29) is 12.6 Å². The molecule has 1 aromatic carbocycles. The fraction of sp³-hybridized carbons (Fsp3) is 0.500. The molecule has 4 nitrogen and oxygen atoms in total. The topological polar surface area (TPSA) is 49.8 Å². The number of ether oxygens (including phenoxy) is 1. The lowest BCUT2D eigenvalue weighted by molar-refractivity contribution is -0.139. The quantitative estimate of drug-likeness (QED) is 0.798. The van der Waals surface area contributed by atoms with Crippen molar-refractivity contribution in [2.45, 2.75) is 19.4 Å². The molecule has 1 rings (SSSR count). The van der Waals surface area contributed by atoms with E-state index >= 15 is 0 Å². The van der Waals surface area contributed by atoms with E-state index < -0.39 is 5.97 Å². The molecule has 0 saturated heterocycles. The maximum Gasteiger partial charge on any atom is 0.317 e. The number of aliphatic carboxylic acids is 1. The van der Waals surface area contributed by atoms with E-state index in [9.17, 15) is 4.79 Å². The van der Waals surface area contributed by atoms with Crippen LogP contribution in [-0.2, 0) is 9.53 Å². The predicted molar refractivity (Wildman–Crippen MR) is 75.6 cm³/mol. The first-order chi connectivity index (χ1) is 9.08. The Bertz CT molecular complexity index is 394. The second-order valence-electron chi connectivity index (χ2n) is 4.33. The average molecular weight is 286 g/mol. The van der Waals surface area contributed by atoms with Crippen LogP contribution in [-0.4, -0.2) is 42.8 Å². The summed E-state index contributed by atoms with van der Waals surface area (Å²) in [7, 11) is 1.61. The lowest BCUT2D eigenvalue weighted by Crippen LogP contribution is -2.36. The van der Waals surface area contributed by atoms with Crippen LogP contribution >= 0.6 is 11.6 Å². The highest BCUT2D eigenvalue weighted by Gasteiger charge is 2.20. The average Bonchev–Trinajstić information content (AvgIpc) is 2.38. The number of hydrogen-bond donors (Lipinski definition) is 1. The molecule has 1 N–H and O–H groups in total. The van der Waals surface area contributed by atoms with Crippen molar-refractivity contribution >= 4 is 17.6 Å². The van der Waals surface area contributed by atoms with E-state index in [0.717, 1.165) is 12.0 Å². The summed E-state index contributed by atoms with van der Waals surface area (Å²) in [6.07, 6.45) is 0.832. The van der Waals surface area contributed by atoms with Crippen molar-refractivity contribution in [3.63, 3.8) is 0 Å². The maximum absolute atomic E-state index is 11.0. The van der Waals surface area contributed by atoms with Crippen molar-refractivity contribution in [2.75, 3.05) is 26.8 Å². The molecule has 0 aromatic heterocycles. The Morgan fingerprint density at radius 1 is 1.42 bits per heavy atom. The molecule has 0 amide bonds. The van der Waals surface area contributed by atoms with Gasteiger partial charge in [0.25, 0.3) is 0 Å². The number of carboxylic acids is 1. The summed E-state index contributed by atoms with van der Waals surface area (Å²) >= 11 is 5.88. The zero-order chi connectivity index (χ0) is 14.3. The van der Waals surface area contributed by atoms with Gasteiger partial charge in [-0.3, -0.25) is 9.69 Å². The Morgan fingerprint density at radius 3 is 2.53 bits per heavy atom. The Hall–Kier alpha value is -1.10. The largest absolute Gasteiger partial charge is 0.480 e. The molecule has 0 heterocycles. The molecular weight excluding hydrogens is 266 g/mol. The van der Waals surface area contributed by atoms with Gasteiger partial charge in [0, 0.05) is 24.7 Å². The van der Waals surface area contributed by atoms with Crippen LogP contribution in [0.3, 0.4) is 0 Å². The standard InChI is InChI=1S/C14H20ClNO3/c1-3-13(11-4-6-12(15)7-5-11)16(8-9-19-2)10-14(17)18/h4-7,13H,3,8-10H2,1-2H3,(H,17,18). The van der Waals surface area contributed by atoms with Crippen molar-refractivity contribution in [1.29, 1.82) is 0 Å². The molecule has 0 spiro atoms. The Morgan fingerprint density at radius 2 is 2.05 bits per heavy atom. The number of halogens is 1. The number of carboxylic acid groups (broad SMARTS) is 1. The zero-order valence-electron chi connectivity index (χ0n) is 11.3. The van der Waals surface area contributed by atoms with Gasteiger partial charge in [0.2, 0.25) is 0 Å². The molecule has 19 heavy (non-hydrogen) atoms. The van der Waals surface area contributed by atoms with Crippen molar-refractivity contribution in [1.82, 2.24) is 4.90 Å². The molecule has 0 aliphatic heterocycles. The fourth-order valence-corrected chi connectivity index (χ4v) is 2.24. The third-order valence-electron chi connectivity index (χ3n) is 3.00.